The zero-order chi connectivity index (χ0) is 18.5. The van der Waals surface area contributed by atoms with Crippen LogP contribution in [-0.4, -0.2) is 19.5 Å². The fourth-order valence-electron chi connectivity index (χ4n) is 3.86. The van der Waals surface area contributed by atoms with Crippen molar-refractivity contribution in [3.8, 4) is 17.1 Å². The maximum Gasteiger partial charge on any atom is 0.159 e. The van der Waals surface area contributed by atoms with Crippen molar-refractivity contribution in [3.63, 3.8) is 0 Å². The van der Waals surface area contributed by atoms with Crippen LogP contribution in [-0.2, 0) is 0 Å². The second kappa shape index (κ2) is 5.76. The fraction of sp³-hybridized carbons (Fsp3) is 0. The summed E-state index contributed by atoms with van der Waals surface area (Å²) in [5, 5.41) is 3.45. The molecule has 0 unspecified atom stereocenters. The van der Waals surface area contributed by atoms with E-state index in [0.717, 1.165) is 33.3 Å². The van der Waals surface area contributed by atoms with Crippen LogP contribution < -0.4 is 0 Å². The summed E-state index contributed by atoms with van der Waals surface area (Å²) in [5.41, 5.74) is 4.95. The molecule has 0 amide bonds. The van der Waals surface area contributed by atoms with Gasteiger partial charge >= 0.3 is 0 Å². The summed E-state index contributed by atoms with van der Waals surface area (Å²) >= 11 is 0. The number of para-hydroxylation sites is 1. The molecule has 0 saturated heterocycles. The van der Waals surface area contributed by atoms with Crippen molar-refractivity contribution < 1.29 is 4.42 Å². The van der Waals surface area contributed by atoms with E-state index in [0.29, 0.717) is 5.82 Å². The molecule has 0 aliphatic heterocycles. The minimum absolute atomic E-state index is 0.681. The van der Waals surface area contributed by atoms with Crippen LogP contribution in [0.15, 0.2) is 90.1 Å². The SMILES string of the molecule is c1ccc2c(c1)c1ccc3occc3c1n2-c1cnc(-c2ccncc2)nc1. The Kier molecular flexibility index (Phi) is 3.10. The Morgan fingerprint density at radius 3 is 2.43 bits per heavy atom. The molecule has 0 fully saturated rings. The lowest BCUT2D eigenvalue weighted by Crippen LogP contribution is -1.98. The highest BCUT2D eigenvalue weighted by Crippen LogP contribution is 2.36. The molecule has 2 aromatic carbocycles. The Hall–Kier alpha value is -3.99. The summed E-state index contributed by atoms with van der Waals surface area (Å²) in [6.45, 7) is 0. The van der Waals surface area contributed by atoms with E-state index in [9.17, 15) is 0 Å². The van der Waals surface area contributed by atoms with Crippen LogP contribution in [0.1, 0.15) is 0 Å². The molecule has 4 aromatic heterocycles. The third-order valence-corrected chi connectivity index (χ3v) is 5.10. The first-order chi connectivity index (χ1) is 13.9. The average Bonchev–Trinajstić information content (AvgIpc) is 3.37. The molecule has 6 aromatic rings. The lowest BCUT2D eigenvalue weighted by Gasteiger charge is -2.08. The number of hydrogen-bond donors (Lipinski definition) is 0. The van der Waals surface area contributed by atoms with Crippen LogP contribution in [0.25, 0.3) is 49.9 Å². The average molecular weight is 362 g/mol. The van der Waals surface area contributed by atoms with Crippen molar-refractivity contribution >= 4 is 32.8 Å². The Morgan fingerprint density at radius 2 is 1.57 bits per heavy atom. The maximum atomic E-state index is 5.64. The van der Waals surface area contributed by atoms with Gasteiger partial charge in [0.05, 0.1) is 35.4 Å². The van der Waals surface area contributed by atoms with Gasteiger partial charge in [0.15, 0.2) is 5.82 Å². The predicted octanol–water partition coefficient (Wildman–Crippen LogP) is 5.38. The van der Waals surface area contributed by atoms with Crippen LogP contribution in [0.4, 0.5) is 0 Å². The molecule has 0 aliphatic carbocycles. The van der Waals surface area contributed by atoms with E-state index in [1.165, 1.54) is 10.8 Å². The van der Waals surface area contributed by atoms with Crippen molar-refractivity contribution in [2.45, 2.75) is 0 Å². The quantitative estimate of drug-likeness (QED) is 0.415. The van der Waals surface area contributed by atoms with Gasteiger partial charge in [-0.25, -0.2) is 9.97 Å². The minimum atomic E-state index is 0.681. The molecule has 0 atom stereocenters. The Morgan fingerprint density at radius 1 is 0.750 bits per heavy atom. The van der Waals surface area contributed by atoms with Gasteiger partial charge in [-0.2, -0.15) is 0 Å². The van der Waals surface area contributed by atoms with E-state index in [-0.39, 0.29) is 0 Å². The van der Waals surface area contributed by atoms with E-state index in [1.54, 1.807) is 18.7 Å². The first kappa shape index (κ1) is 15.1. The third kappa shape index (κ3) is 2.10. The monoisotopic (exact) mass is 362 g/mol. The van der Waals surface area contributed by atoms with E-state index >= 15 is 0 Å². The van der Waals surface area contributed by atoms with Crippen LogP contribution in [0.5, 0.6) is 0 Å². The second-order valence-electron chi connectivity index (χ2n) is 6.65. The molecule has 0 bridgehead atoms. The molecule has 5 heteroatoms. The molecule has 132 valence electrons. The van der Waals surface area contributed by atoms with E-state index in [2.05, 4.69) is 49.9 Å². The van der Waals surface area contributed by atoms with Gasteiger partial charge in [-0.1, -0.05) is 18.2 Å². The van der Waals surface area contributed by atoms with Gasteiger partial charge < -0.3 is 8.98 Å². The Bertz CT molecular complexity index is 1450. The molecule has 0 spiro atoms. The van der Waals surface area contributed by atoms with E-state index in [1.807, 2.05) is 36.7 Å². The summed E-state index contributed by atoms with van der Waals surface area (Å²) in [6, 6.07) is 18.4. The fourth-order valence-corrected chi connectivity index (χ4v) is 3.86. The number of pyridine rings is 1. The predicted molar refractivity (Wildman–Crippen MR) is 109 cm³/mol. The molecule has 0 saturated carbocycles. The molecular formula is C23H14N4O. The highest BCUT2D eigenvalue weighted by Gasteiger charge is 2.16. The summed E-state index contributed by atoms with van der Waals surface area (Å²) < 4.78 is 7.85. The number of rotatable bonds is 2. The number of furan rings is 1. The van der Waals surface area contributed by atoms with Gasteiger partial charge in [-0.15, -0.1) is 0 Å². The number of fused-ring (bicyclic) bond motifs is 5. The van der Waals surface area contributed by atoms with Gasteiger partial charge in [0.2, 0.25) is 0 Å². The smallest absolute Gasteiger partial charge is 0.159 e. The summed E-state index contributed by atoms with van der Waals surface area (Å²) in [5.74, 6) is 0.681. The zero-order valence-electron chi connectivity index (χ0n) is 14.8. The number of aromatic nitrogens is 4. The van der Waals surface area contributed by atoms with Crippen molar-refractivity contribution in [1.82, 2.24) is 19.5 Å². The van der Waals surface area contributed by atoms with Gasteiger partial charge in [0, 0.05) is 34.1 Å². The van der Waals surface area contributed by atoms with Crippen molar-refractivity contribution in [1.29, 1.82) is 0 Å². The highest BCUT2D eigenvalue weighted by molar-refractivity contribution is 6.17. The maximum absolute atomic E-state index is 5.64. The summed E-state index contributed by atoms with van der Waals surface area (Å²) in [6.07, 6.45) is 8.96. The topological polar surface area (TPSA) is 56.7 Å². The molecule has 4 heterocycles. The van der Waals surface area contributed by atoms with Crippen molar-refractivity contribution in [2.75, 3.05) is 0 Å². The lowest BCUT2D eigenvalue weighted by molar-refractivity contribution is 0.616. The van der Waals surface area contributed by atoms with Gasteiger partial charge in [0.25, 0.3) is 0 Å². The van der Waals surface area contributed by atoms with Crippen molar-refractivity contribution in [3.05, 3.63) is 85.6 Å². The van der Waals surface area contributed by atoms with Crippen molar-refractivity contribution in [2.24, 2.45) is 0 Å². The molecule has 5 nitrogen and oxygen atoms in total. The summed E-state index contributed by atoms with van der Waals surface area (Å²) in [7, 11) is 0. The number of nitrogens with zero attached hydrogens (tertiary/aromatic N) is 4. The standard InChI is InChI=1S/C23H14N4O/c1-2-4-20-17(3-1)18-5-6-21-19(9-12-28-21)22(18)27(20)16-13-25-23(26-14-16)15-7-10-24-11-8-15/h1-14H. The van der Waals surface area contributed by atoms with Gasteiger partial charge in [0.1, 0.15) is 5.58 Å². The molecule has 0 aliphatic rings. The first-order valence-electron chi connectivity index (χ1n) is 9.02. The highest BCUT2D eigenvalue weighted by atomic mass is 16.3. The van der Waals surface area contributed by atoms with Crippen LogP contribution in [0.3, 0.4) is 0 Å². The van der Waals surface area contributed by atoms with E-state index in [4.69, 9.17) is 4.42 Å². The van der Waals surface area contributed by atoms with Gasteiger partial charge in [-0.3, -0.25) is 4.98 Å². The van der Waals surface area contributed by atoms with Crippen LogP contribution in [0, 0.1) is 0 Å². The normalized spacial score (nSPS) is 11.6. The Balaban J connectivity index is 1.66. The zero-order valence-corrected chi connectivity index (χ0v) is 14.8. The second-order valence-corrected chi connectivity index (χ2v) is 6.65. The molecule has 28 heavy (non-hydrogen) atoms. The largest absolute Gasteiger partial charge is 0.464 e. The van der Waals surface area contributed by atoms with Crippen LogP contribution >= 0.6 is 0 Å². The number of benzene rings is 2. The van der Waals surface area contributed by atoms with Crippen LogP contribution in [0.2, 0.25) is 0 Å². The van der Waals surface area contributed by atoms with Gasteiger partial charge in [-0.05, 0) is 36.4 Å². The summed E-state index contributed by atoms with van der Waals surface area (Å²) in [4.78, 5) is 13.3. The third-order valence-electron chi connectivity index (χ3n) is 5.10. The molecular weight excluding hydrogens is 348 g/mol. The first-order valence-corrected chi connectivity index (χ1v) is 9.02. The minimum Gasteiger partial charge on any atom is -0.464 e. The molecule has 6 rings (SSSR count). The Labute approximate surface area is 159 Å². The molecule has 0 radical (unpaired) electrons. The van der Waals surface area contributed by atoms with E-state index < -0.39 is 0 Å². The number of hydrogen-bond acceptors (Lipinski definition) is 4. The lowest BCUT2D eigenvalue weighted by atomic mass is 10.1. The molecule has 0 N–H and O–H groups in total.